The second kappa shape index (κ2) is 6.63. The Hall–Kier alpha value is -2.65. The molecule has 1 aromatic carbocycles. The van der Waals surface area contributed by atoms with E-state index in [0.717, 1.165) is 22.9 Å². The fourth-order valence-corrected chi connectivity index (χ4v) is 2.94. The summed E-state index contributed by atoms with van der Waals surface area (Å²) in [6.07, 6.45) is 2.46. The SMILES string of the molecule is NC(=O)C(=CN1C(=O)/C(=C\c2cccc(O)c2)SC1=S)C(N)=O. The van der Waals surface area contributed by atoms with Gasteiger partial charge in [-0.05, 0) is 23.8 Å². The standard InChI is InChI=1S/C14H11N3O4S2/c15-11(19)9(12(16)20)6-17-13(21)10(23-14(17)22)5-7-2-1-3-8(18)4-7/h1-6,18H,(H2,15,19)(H2,16,20)/b10-5+. The number of carbonyl (C=O) groups excluding carboxylic acids is 3. The zero-order valence-corrected chi connectivity index (χ0v) is 13.2. The average molecular weight is 349 g/mol. The maximum atomic E-state index is 12.3. The molecule has 7 nitrogen and oxygen atoms in total. The van der Waals surface area contributed by atoms with Crippen LogP contribution < -0.4 is 11.5 Å². The molecular weight excluding hydrogens is 338 g/mol. The molecular formula is C14H11N3O4S2. The Labute approximate surface area is 140 Å². The monoisotopic (exact) mass is 349 g/mol. The number of primary amides is 2. The summed E-state index contributed by atoms with van der Waals surface area (Å²) in [6, 6.07) is 6.29. The summed E-state index contributed by atoms with van der Waals surface area (Å²) < 4.78 is 0.126. The smallest absolute Gasteiger partial charge is 0.270 e. The molecule has 0 aliphatic carbocycles. The topological polar surface area (TPSA) is 127 Å². The highest BCUT2D eigenvalue weighted by molar-refractivity contribution is 8.26. The predicted octanol–water partition coefficient (Wildman–Crippen LogP) is 0.448. The minimum Gasteiger partial charge on any atom is -0.508 e. The number of thiocarbonyl (C=S) groups is 1. The molecule has 1 aliphatic heterocycles. The van der Waals surface area contributed by atoms with Crippen LogP contribution in [0.15, 0.2) is 40.9 Å². The molecule has 1 heterocycles. The first-order valence-corrected chi connectivity index (χ1v) is 7.39. The Morgan fingerprint density at radius 2 is 1.91 bits per heavy atom. The van der Waals surface area contributed by atoms with Gasteiger partial charge in [-0.1, -0.05) is 36.1 Å². The van der Waals surface area contributed by atoms with Gasteiger partial charge in [-0.2, -0.15) is 0 Å². The summed E-state index contributed by atoms with van der Waals surface area (Å²) in [5.41, 5.74) is 10.2. The van der Waals surface area contributed by atoms with Crippen molar-refractivity contribution in [2.24, 2.45) is 11.5 Å². The molecule has 23 heavy (non-hydrogen) atoms. The fraction of sp³-hybridized carbons (Fsp3) is 0. The van der Waals surface area contributed by atoms with Crippen molar-refractivity contribution in [1.29, 1.82) is 0 Å². The van der Waals surface area contributed by atoms with Gasteiger partial charge >= 0.3 is 0 Å². The molecule has 2 rings (SSSR count). The van der Waals surface area contributed by atoms with E-state index in [4.69, 9.17) is 23.7 Å². The van der Waals surface area contributed by atoms with E-state index in [2.05, 4.69) is 0 Å². The minimum atomic E-state index is -1.05. The van der Waals surface area contributed by atoms with Gasteiger partial charge in [0.25, 0.3) is 17.7 Å². The number of benzene rings is 1. The number of aromatic hydroxyl groups is 1. The lowest BCUT2D eigenvalue weighted by Crippen LogP contribution is -2.31. The summed E-state index contributed by atoms with van der Waals surface area (Å²) in [7, 11) is 0. The number of rotatable bonds is 4. The normalized spacial score (nSPS) is 15.8. The Balaban J connectivity index is 2.35. The van der Waals surface area contributed by atoms with Crippen molar-refractivity contribution in [2.75, 3.05) is 0 Å². The molecule has 0 spiro atoms. The van der Waals surface area contributed by atoms with Gasteiger partial charge in [-0.3, -0.25) is 19.3 Å². The van der Waals surface area contributed by atoms with Crippen LogP contribution >= 0.6 is 24.0 Å². The van der Waals surface area contributed by atoms with Crippen LogP contribution in [0.5, 0.6) is 5.75 Å². The number of thioether (sulfide) groups is 1. The number of hydrogen-bond donors (Lipinski definition) is 3. The Morgan fingerprint density at radius 1 is 1.26 bits per heavy atom. The van der Waals surface area contributed by atoms with Crippen molar-refractivity contribution >= 4 is 52.1 Å². The Bertz CT molecular complexity index is 770. The first kappa shape index (κ1) is 16.7. The molecule has 1 saturated heterocycles. The van der Waals surface area contributed by atoms with E-state index < -0.39 is 23.3 Å². The molecule has 9 heteroatoms. The van der Waals surface area contributed by atoms with E-state index in [-0.39, 0.29) is 15.0 Å². The Kier molecular flexibility index (Phi) is 4.82. The molecule has 1 fully saturated rings. The molecule has 1 aromatic rings. The van der Waals surface area contributed by atoms with Crippen molar-refractivity contribution in [3.8, 4) is 5.75 Å². The van der Waals surface area contributed by atoms with E-state index in [1.54, 1.807) is 12.1 Å². The van der Waals surface area contributed by atoms with Crippen LogP contribution in [0.1, 0.15) is 5.56 Å². The van der Waals surface area contributed by atoms with Crippen LogP contribution in [-0.4, -0.2) is 32.0 Å². The lowest BCUT2D eigenvalue weighted by Gasteiger charge is -2.09. The van der Waals surface area contributed by atoms with Crippen molar-refractivity contribution < 1.29 is 19.5 Å². The van der Waals surface area contributed by atoms with Gasteiger partial charge in [0.15, 0.2) is 4.32 Å². The second-order valence-corrected chi connectivity index (χ2v) is 6.09. The molecule has 0 radical (unpaired) electrons. The summed E-state index contributed by atoms with van der Waals surface area (Å²) in [4.78, 5) is 35.9. The van der Waals surface area contributed by atoms with Gasteiger partial charge in [-0.15, -0.1) is 0 Å². The highest BCUT2D eigenvalue weighted by Crippen LogP contribution is 2.33. The number of carbonyl (C=O) groups is 3. The molecule has 3 amide bonds. The first-order chi connectivity index (χ1) is 10.8. The van der Waals surface area contributed by atoms with Crippen LogP contribution in [0.2, 0.25) is 0 Å². The number of phenolic OH excluding ortho intramolecular Hbond substituents is 1. The van der Waals surface area contributed by atoms with Gasteiger partial charge < -0.3 is 16.6 Å². The van der Waals surface area contributed by atoms with Crippen LogP contribution in [-0.2, 0) is 14.4 Å². The summed E-state index contributed by atoms with van der Waals surface area (Å²) in [5, 5.41) is 9.43. The fourth-order valence-electron chi connectivity index (χ4n) is 1.73. The molecule has 1 aliphatic rings. The number of nitrogens with two attached hydrogens (primary N) is 2. The molecule has 118 valence electrons. The molecule has 0 bridgehead atoms. The maximum absolute atomic E-state index is 12.3. The lowest BCUT2D eigenvalue weighted by atomic mass is 10.2. The zero-order valence-electron chi connectivity index (χ0n) is 11.6. The van der Waals surface area contributed by atoms with Gasteiger partial charge in [0, 0.05) is 6.20 Å². The highest BCUT2D eigenvalue weighted by atomic mass is 32.2. The molecule has 0 saturated carbocycles. The average Bonchev–Trinajstić information content (AvgIpc) is 2.70. The lowest BCUT2D eigenvalue weighted by molar-refractivity contribution is -0.120. The number of amides is 3. The molecule has 0 atom stereocenters. The molecule has 0 aromatic heterocycles. The number of hydrogen-bond acceptors (Lipinski definition) is 6. The largest absolute Gasteiger partial charge is 0.508 e. The van der Waals surface area contributed by atoms with E-state index in [1.807, 2.05) is 0 Å². The van der Waals surface area contributed by atoms with Crippen molar-refractivity contribution in [3.05, 3.63) is 46.5 Å². The number of nitrogens with zero attached hydrogens (tertiary/aromatic N) is 1. The van der Waals surface area contributed by atoms with Crippen LogP contribution in [0.25, 0.3) is 6.08 Å². The van der Waals surface area contributed by atoms with E-state index in [1.165, 1.54) is 18.2 Å². The van der Waals surface area contributed by atoms with Crippen LogP contribution in [0, 0.1) is 0 Å². The zero-order chi connectivity index (χ0) is 17.1. The maximum Gasteiger partial charge on any atom is 0.270 e. The second-order valence-electron chi connectivity index (χ2n) is 4.42. The van der Waals surface area contributed by atoms with Gasteiger partial charge in [0.05, 0.1) is 4.91 Å². The van der Waals surface area contributed by atoms with Crippen LogP contribution in [0.4, 0.5) is 0 Å². The molecule has 0 unspecified atom stereocenters. The third kappa shape index (κ3) is 3.76. The van der Waals surface area contributed by atoms with Crippen LogP contribution in [0.3, 0.4) is 0 Å². The minimum absolute atomic E-state index is 0.0545. The summed E-state index contributed by atoms with van der Waals surface area (Å²) in [5.74, 6) is -2.57. The van der Waals surface area contributed by atoms with Gasteiger partial charge in [0.2, 0.25) is 0 Å². The highest BCUT2D eigenvalue weighted by Gasteiger charge is 2.32. The van der Waals surface area contributed by atoms with E-state index >= 15 is 0 Å². The van der Waals surface area contributed by atoms with Crippen molar-refractivity contribution in [1.82, 2.24) is 4.90 Å². The first-order valence-electron chi connectivity index (χ1n) is 6.17. The number of phenols is 1. The third-order valence-electron chi connectivity index (χ3n) is 2.78. The third-order valence-corrected chi connectivity index (χ3v) is 4.11. The summed E-state index contributed by atoms with van der Waals surface area (Å²) >= 11 is 6.04. The van der Waals surface area contributed by atoms with E-state index in [0.29, 0.717) is 5.56 Å². The summed E-state index contributed by atoms with van der Waals surface area (Å²) in [6.45, 7) is 0. The van der Waals surface area contributed by atoms with Gasteiger partial charge in [0.1, 0.15) is 11.3 Å². The Morgan fingerprint density at radius 3 is 2.48 bits per heavy atom. The predicted molar refractivity (Wildman–Crippen MR) is 89.6 cm³/mol. The van der Waals surface area contributed by atoms with Gasteiger partial charge in [-0.25, -0.2) is 0 Å². The van der Waals surface area contributed by atoms with E-state index in [9.17, 15) is 19.5 Å². The quantitative estimate of drug-likeness (QED) is 0.313. The van der Waals surface area contributed by atoms with Crippen molar-refractivity contribution in [2.45, 2.75) is 0 Å². The molecule has 5 N–H and O–H groups in total. The van der Waals surface area contributed by atoms with Crippen molar-refractivity contribution in [3.63, 3.8) is 0 Å².